The van der Waals surface area contributed by atoms with Crippen LogP contribution in [0.1, 0.15) is 18.9 Å². The summed E-state index contributed by atoms with van der Waals surface area (Å²) in [6.45, 7) is 2.08. The number of aromatic nitrogens is 2. The first-order chi connectivity index (χ1) is 4.75. The highest BCUT2D eigenvalue weighted by Gasteiger charge is 2.03. The number of rotatable bonds is 2. The van der Waals surface area contributed by atoms with Crippen molar-refractivity contribution in [3.8, 4) is 5.88 Å². The van der Waals surface area contributed by atoms with Crippen molar-refractivity contribution in [3.63, 3.8) is 0 Å². The molecule has 0 saturated carbocycles. The minimum Gasteiger partial charge on any atom is -0.493 e. The zero-order valence-electron chi connectivity index (χ0n) is 6.33. The van der Waals surface area contributed by atoms with Gasteiger partial charge in [0.1, 0.15) is 0 Å². The van der Waals surface area contributed by atoms with Crippen LogP contribution in [-0.4, -0.2) is 14.9 Å². The van der Waals surface area contributed by atoms with E-state index in [1.54, 1.807) is 13.2 Å². The molecule has 0 unspecified atom stereocenters. The fourth-order valence-corrected chi connectivity index (χ4v) is 0.922. The molecule has 3 heteroatoms. The molecule has 56 valence electrons. The van der Waals surface area contributed by atoms with E-state index in [-0.39, 0.29) is 0 Å². The molecule has 0 aliphatic rings. The van der Waals surface area contributed by atoms with E-state index in [1.807, 2.05) is 0 Å². The van der Waals surface area contributed by atoms with Gasteiger partial charge in [0.05, 0.1) is 6.20 Å². The second-order valence-electron chi connectivity index (χ2n) is 2.37. The summed E-state index contributed by atoms with van der Waals surface area (Å²) in [6, 6.07) is 0. The maximum Gasteiger partial charge on any atom is 0.212 e. The van der Waals surface area contributed by atoms with Crippen LogP contribution in [0, 0.1) is 0 Å². The van der Waals surface area contributed by atoms with Crippen molar-refractivity contribution in [2.24, 2.45) is 7.05 Å². The van der Waals surface area contributed by atoms with E-state index < -0.39 is 0 Å². The van der Waals surface area contributed by atoms with Gasteiger partial charge in [0, 0.05) is 12.6 Å². The van der Waals surface area contributed by atoms with Gasteiger partial charge in [0.25, 0.3) is 0 Å². The zero-order valence-corrected chi connectivity index (χ0v) is 6.33. The summed E-state index contributed by atoms with van der Waals surface area (Å²) in [7, 11) is 1.73. The minimum atomic E-state index is 0.293. The molecule has 0 aliphatic carbocycles. The smallest absolute Gasteiger partial charge is 0.212 e. The van der Waals surface area contributed by atoms with E-state index in [2.05, 4.69) is 12.0 Å². The Labute approximate surface area is 60.3 Å². The Balaban J connectivity index is 2.83. The van der Waals surface area contributed by atoms with Gasteiger partial charge in [0.15, 0.2) is 0 Å². The van der Waals surface area contributed by atoms with Crippen LogP contribution in [0.3, 0.4) is 0 Å². The second-order valence-corrected chi connectivity index (χ2v) is 2.37. The number of aromatic hydroxyl groups is 1. The van der Waals surface area contributed by atoms with Gasteiger partial charge in [0.2, 0.25) is 5.88 Å². The van der Waals surface area contributed by atoms with Gasteiger partial charge in [-0.15, -0.1) is 0 Å². The zero-order chi connectivity index (χ0) is 7.56. The third kappa shape index (κ3) is 1.12. The van der Waals surface area contributed by atoms with Crippen molar-refractivity contribution >= 4 is 0 Å². The Bertz CT molecular complexity index is 217. The Morgan fingerprint density at radius 1 is 1.70 bits per heavy atom. The number of nitrogens with zero attached hydrogens (tertiary/aromatic N) is 2. The molecule has 0 aromatic carbocycles. The molecule has 1 rings (SSSR count). The van der Waals surface area contributed by atoms with Crippen LogP contribution in [0.5, 0.6) is 5.88 Å². The molecule has 0 bridgehead atoms. The lowest BCUT2D eigenvalue weighted by atomic mass is 10.2. The summed E-state index contributed by atoms with van der Waals surface area (Å²) >= 11 is 0. The summed E-state index contributed by atoms with van der Waals surface area (Å²) < 4.78 is 1.48. The Morgan fingerprint density at radius 3 is 2.80 bits per heavy atom. The third-order valence-electron chi connectivity index (χ3n) is 1.50. The molecule has 0 saturated heterocycles. The van der Waals surface area contributed by atoms with Gasteiger partial charge < -0.3 is 5.11 Å². The van der Waals surface area contributed by atoms with E-state index >= 15 is 0 Å². The number of aryl methyl sites for hydroxylation is 2. The van der Waals surface area contributed by atoms with Crippen molar-refractivity contribution in [3.05, 3.63) is 11.8 Å². The Morgan fingerprint density at radius 2 is 2.40 bits per heavy atom. The molecule has 3 nitrogen and oxygen atoms in total. The molecule has 0 spiro atoms. The highest BCUT2D eigenvalue weighted by Crippen LogP contribution is 2.15. The molecule has 10 heavy (non-hydrogen) atoms. The topological polar surface area (TPSA) is 38.0 Å². The molecule has 1 N–H and O–H groups in total. The first-order valence-corrected chi connectivity index (χ1v) is 3.45. The largest absolute Gasteiger partial charge is 0.493 e. The quantitative estimate of drug-likeness (QED) is 0.667. The summed E-state index contributed by atoms with van der Waals surface area (Å²) in [5.74, 6) is 0.293. The summed E-state index contributed by atoms with van der Waals surface area (Å²) in [5, 5.41) is 13.2. The lowest BCUT2D eigenvalue weighted by Gasteiger charge is -1.94. The molecule has 1 aromatic heterocycles. The molecular weight excluding hydrogens is 128 g/mol. The van der Waals surface area contributed by atoms with E-state index in [0.717, 1.165) is 18.4 Å². The van der Waals surface area contributed by atoms with Gasteiger partial charge >= 0.3 is 0 Å². The van der Waals surface area contributed by atoms with E-state index in [1.165, 1.54) is 4.68 Å². The normalized spacial score (nSPS) is 10.2. The SMILES string of the molecule is CCCc1cnn(C)c1O. The van der Waals surface area contributed by atoms with Gasteiger partial charge in [-0.1, -0.05) is 13.3 Å². The van der Waals surface area contributed by atoms with E-state index in [4.69, 9.17) is 0 Å². The van der Waals surface area contributed by atoms with Crippen LogP contribution < -0.4 is 0 Å². The van der Waals surface area contributed by atoms with Crippen LogP contribution in [0.2, 0.25) is 0 Å². The highest BCUT2D eigenvalue weighted by atomic mass is 16.3. The maximum atomic E-state index is 9.27. The van der Waals surface area contributed by atoms with Crippen molar-refractivity contribution in [2.45, 2.75) is 19.8 Å². The summed E-state index contributed by atoms with van der Waals surface area (Å²) in [6.07, 6.45) is 3.65. The van der Waals surface area contributed by atoms with E-state index in [0.29, 0.717) is 5.88 Å². The number of hydrogen-bond donors (Lipinski definition) is 1. The van der Waals surface area contributed by atoms with Gasteiger partial charge in [-0.25, -0.2) is 4.68 Å². The molecule has 0 amide bonds. The average Bonchev–Trinajstić information content (AvgIpc) is 2.20. The molecule has 0 atom stereocenters. The average molecular weight is 140 g/mol. The molecular formula is C7H12N2O. The lowest BCUT2D eigenvalue weighted by Crippen LogP contribution is -1.88. The summed E-state index contributed by atoms with van der Waals surface area (Å²) in [4.78, 5) is 0. The van der Waals surface area contributed by atoms with Crippen molar-refractivity contribution < 1.29 is 5.11 Å². The lowest BCUT2D eigenvalue weighted by molar-refractivity contribution is 0.413. The van der Waals surface area contributed by atoms with Crippen molar-refractivity contribution in [1.82, 2.24) is 9.78 Å². The second kappa shape index (κ2) is 2.73. The molecule has 0 radical (unpaired) electrons. The van der Waals surface area contributed by atoms with Crippen molar-refractivity contribution in [1.29, 1.82) is 0 Å². The van der Waals surface area contributed by atoms with E-state index in [9.17, 15) is 5.11 Å². The maximum absolute atomic E-state index is 9.27. The Hall–Kier alpha value is -0.990. The predicted molar refractivity (Wildman–Crippen MR) is 38.9 cm³/mol. The van der Waals surface area contributed by atoms with Gasteiger partial charge in [-0.2, -0.15) is 5.10 Å². The van der Waals surface area contributed by atoms with Gasteiger partial charge in [-0.05, 0) is 6.42 Å². The highest BCUT2D eigenvalue weighted by molar-refractivity contribution is 5.21. The van der Waals surface area contributed by atoms with Crippen LogP contribution in [0.25, 0.3) is 0 Å². The molecule has 0 aliphatic heterocycles. The summed E-state index contributed by atoms with van der Waals surface area (Å²) in [5.41, 5.74) is 0.935. The molecule has 1 heterocycles. The Kier molecular flexibility index (Phi) is 1.94. The standard InChI is InChI=1S/C7H12N2O/c1-3-4-6-5-8-9(2)7(6)10/h5,10H,3-4H2,1-2H3. The first-order valence-electron chi connectivity index (χ1n) is 3.45. The molecule has 0 fully saturated rings. The van der Waals surface area contributed by atoms with Gasteiger partial charge in [-0.3, -0.25) is 0 Å². The van der Waals surface area contributed by atoms with Crippen LogP contribution >= 0.6 is 0 Å². The van der Waals surface area contributed by atoms with Crippen LogP contribution in [0.15, 0.2) is 6.20 Å². The van der Waals surface area contributed by atoms with Crippen LogP contribution in [0.4, 0.5) is 0 Å². The first kappa shape index (κ1) is 7.12. The third-order valence-corrected chi connectivity index (χ3v) is 1.50. The molecule has 1 aromatic rings. The minimum absolute atomic E-state index is 0.293. The van der Waals surface area contributed by atoms with Crippen LogP contribution in [-0.2, 0) is 13.5 Å². The predicted octanol–water partition coefficient (Wildman–Crippen LogP) is 1.08. The fraction of sp³-hybridized carbons (Fsp3) is 0.571. The van der Waals surface area contributed by atoms with Crippen molar-refractivity contribution in [2.75, 3.05) is 0 Å². The number of hydrogen-bond acceptors (Lipinski definition) is 2. The monoisotopic (exact) mass is 140 g/mol. The fourth-order valence-electron chi connectivity index (χ4n) is 0.922.